The average molecular weight is 585 g/mol. The summed E-state index contributed by atoms with van der Waals surface area (Å²) < 4.78 is 46.6. The molecule has 1 aliphatic carbocycles. The summed E-state index contributed by atoms with van der Waals surface area (Å²) in [6.45, 7) is 6.18. The van der Waals surface area contributed by atoms with Crippen LogP contribution >= 0.6 is 0 Å². The molecule has 1 aliphatic heterocycles. The predicted molar refractivity (Wildman–Crippen MR) is 149 cm³/mol. The third-order valence-corrected chi connectivity index (χ3v) is 8.38. The van der Waals surface area contributed by atoms with Gasteiger partial charge in [-0.25, -0.2) is 13.2 Å². The van der Waals surface area contributed by atoms with E-state index in [9.17, 15) is 27.9 Å². The number of benzene rings is 2. The maximum atomic E-state index is 14.3. The van der Waals surface area contributed by atoms with E-state index in [1.807, 2.05) is 6.92 Å². The molecule has 8 nitrogen and oxygen atoms in total. The van der Waals surface area contributed by atoms with Gasteiger partial charge in [0.05, 0.1) is 28.7 Å². The fourth-order valence-electron chi connectivity index (χ4n) is 5.97. The first-order valence-corrected chi connectivity index (χ1v) is 14.0. The zero-order valence-electron chi connectivity index (χ0n) is 23.8. The van der Waals surface area contributed by atoms with E-state index < -0.39 is 40.0 Å². The van der Waals surface area contributed by atoms with E-state index in [1.165, 1.54) is 24.3 Å². The highest BCUT2D eigenvalue weighted by atomic mass is 19.1. The Morgan fingerprint density at radius 2 is 1.76 bits per heavy atom. The molecule has 0 bridgehead atoms. The van der Waals surface area contributed by atoms with Crippen molar-refractivity contribution in [1.82, 2.24) is 20.7 Å². The van der Waals surface area contributed by atoms with Crippen LogP contribution in [0.3, 0.4) is 0 Å². The number of likely N-dealkylation sites (tertiary alicyclic amines) is 1. The number of hydrogen-bond donors (Lipinski definition) is 3. The molecule has 0 radical (unpaired) electrons. The van der Waals surface area contributed by atoms with Gasteiger partial charge in [-0.1, -0.05) is 17.3 Å². The van der Waals surface area contributed by atoms with E-state index in [-0.39, 0.29) is 35.4 Å². The molecule has 3 aromatic rings. The summed E-state index contributed by atoms with van der Waals surface area (Å²) >= 11 is 0. The van der Waals surface area contributed by atoms with Gasteiger partial charge in [0.15, 0.2) is 11.5 Å². The number of amides is 2. The first-order chi connectivity index (χ1) is 19.7. The number of hydrogen-bond acceptors (Lipinski definition) is 6. The Labute approximate surface area is 242 Å². The molecule has 2 fully saturated rings. The molecular formula is C31H35F3N4O4. The second kappa shape index (κ2) is 11.2. The van der Waals surface area contributed by atoms with Crippen molar-refractivity contribution in [2.45, 2.75) is 75.6 Å². The maximum absolute atomic E-state index is 14.3. The first-order valence-electron chi connectivity index (χ1n) is 14.0. The van der Waals surface area contributed by atoms with Gasteiger partial charge in [0.2, 0.25) is 5.91 Å². The Bertz CT molecular complexity index is 1470. The van der Waals surface area contributed by atoms with Gasteiger partial charge < -0.3 is 20.3 Å². The van der Waals surface area contributed by atoms with Crippen molar-refractivity contribution in [3.63, 3.8) is 0 Å². The second-order valence-corrected chi connectivity index (χ2v) is 12.4. The lowest BCUT2D eigenvalue weighted by molar-refractivity contribution is -0.127. The standard InChI is InChI=1S/C31H35F3N4O4/c1-29(2,19-5-4-6-20(32)13-19)35-27(39)16-31(17-38(18-31)22-9-11-30(3,41)12-10-22)36-28(40)25-15-26(42-37-25)23-8-7-21(33)14-24(23)34/h4-8,13-15,22,41H,9-12,16-18H2,1-3H3,(H,35,39)(H,36,40). The molecule has 2 aromatic carbocycles. The minimum atomic E-state index is -0.931. The average Bonchev–Trinajstić information content (AvgIpc) is 3.37. The van der Waals surface area contributed by atoms with Crippen LogP contribution in [0.5, 0.6) is 0 Å². The zero-order chi connectivity index (χ0) is 30.3. The number of halogens is 3. The van der Waals surface area contributed by atoms with Crippen LogP contribution in [-0.4, -0.2) is 57.2 Å². The monoisotopic (exact) mass is 584 g/mol. The third kappa shape index (κ3) is 6.52. The fraction of sp³-hybridized carbons (Fsp3) is 0.452. The summed E-state index contributed by atoms with van der Waals surface area (Å²) in [6, 6.07) is 10.5. The Kier molecular flexibility index (Phi) is 7.93. The van der Waals surface area contributed by atoms with Gasteiger partial charge in [-0.15, -0.1) is 0 Å². The molecule has 1 saturated carbocycles. The molecule has 2 aliphatic rings. The quantitative estimate of drug-likeness (QED) is 0.355. The van der Waals surface area contributed by atoms with E-state index in [4.69, 9.17) is 4.52 Å². The largest absolute Gasteiger partial charge is 0.390 e. The minimum absolute atomic E-state index is 0.0363. The van der Waals surface area contributed by atoms with E-state index in [0.717, 1.165) is 18.9 Å². The van der Waals surface area contributed by atoms with Gasteiger partial charge >= 0.3 is 0 Å². The van der Waals surface area contributed by atoms with Crippen molar-refractivity contribution >= 4 is 11.8 Å². The highest BCUT2D eigenvalue weighted by Gasteiger charge is 2.49. The maximum Gasteiger partial charge on any atom is 0.274 e. The summed E-state index contributed by atoms with van der Waals surface area (Å²) in [5, 5.41) is 20.1. The molecule has 1 aromatic heterocycles. The Morgan fingerprint density at radius 1 is 1.07 bits per heavy atom. The molecule has 11 heteroatoms. The van der Waals surface area contributed by atoms with Crippen molar-refractivity contribution in [3.05, 3.63) is 77.2 Å². The highest BCUT2D eigenvalue weighted by Crippen LogP contribution is 2.36. The van der Waals surface area contributed by atoms with E-state index >= 15 is 0 Å². The molecule has 2 heterocycles. The van der Waals surface area contributed by atoms with Crippen molar-refractivity contribution in [2.75, 3.05) is 13.1 Å². The third-order valence-electron chi connectivity index (χ3n) is 8.38. The van der Waals surface area contributed by atoms with Crippen LogP contribution in [0.1, 0.15) is 68.9 Å². The predicted octanol–water partition coefficient (Wildman–Crippen LogP) is 4.68. The summed E-state index contributed by atoms with van der Waals surface area (Å²) in [5.74, 6) is -2.97. The van der Waals surface area contributed by atoms with Crippen LogP contribution in [0, 0.1) is 17.5 Å². The van der Waals surface area contributed by atoms with E-state index in [1.54, 1.807) is 26.0 Å². The fourth-order valence-corrected chi connectivity index (χ4v) is 5.97. The lowest BCUT2D eigenvalue weighted by atomic mass is 9.78. The summed E-state index contributed by atoms with van der Waals surface area (Å²) in [7, 11) is 0. The summed E-state index contributed by atoms with van der Waals surface area (Å²) in [4.78, 5) is 28.9. The van der Waals surface area contributed by atoms with Gasteiger partial charge in [0.1, 0.15) is 17.5 Å². The van der Waals surface area contributed by atoms with Crippen LogP contribution in [0.15, 0.2) is 53.1 Å². The highest BCUT2D eigenvalue weighted by molar-refractivity contribution is 5.94. The number of nitrogens with zero attached hydrogens (tertiary/aromatic N) is 2. The Balaban J connectivity index is 1.31. The normalized spacial score (nSPS) is 22.3. The van der Waals surface area contributed by atoms with E-state index in [0.29, 0.717) is 37.6 Å². The molecule has 0 atom stereocenters. The Hall–Kier alpha value is -3.70. The minimum Gasteiger partial charge on any atom is -0.390 e. The topological polar surface area (TPSA) is 108 Å². The molecule has 3 N–H and O–H groups in total. The van der Waals surface area contributed by atoms with Crippen LogP contribution in [-0.2, 0) is 10.3 Å². The molecule has 42 heavy (non-hydrogen) atoms. The summed E-state index contributed by atoms with van der Waals surface area (Å²) in [5.41, 5.74) is -2.05. The number of carbonyl (C=O) groups excluding carboxylic acids is 2. The lowest BCUT2D eigenvalue weighted by Gasteiger charge is -2.54. The zero-order valence-corrected chi connectivity index (χ0v) is 23.8. The molecule has 1 saturated heterocycles. The van der Waals surface area contributed by atoms with Crippen LogP contribution in [0.2, 0.25) is 0 Å². The molecular weight excluding hydrogens is 549 g/mol. The number of aromatic nitrogens is 1. The van der Waals surface area contributed by atoms with Crippen molar-refractivity contribution < 1.29 is 32.4 Å². The van der Waals surface area contributed by atoms with E-state index in [2.05, 4.69) is 20.7 Å². The SMILES string of the molecule is CC1(O)CCC(N2CC(CC(=O)NC(C)(C)c3cccc(F)c3)(NC(=O)c3cc(-c4ccc(F)cc4F)on3)C2)CC1. The molecule has 2 amide bonds. The number of aliphatic hydroxyl groups is 1. The molecule has 224 valence electrons. The smallest absolute Gasteiger partial charge is 0.274 e. The number of rotatable bonds is 8. The van der Waals surface area contributed by atoms with Crippen molar-refractivity contribution in [2.24, 2.45) is 0 Å². The lowest BCUT2D eigenvalue weighted by Crippen LogP contribution is -2.73. The van der Waals surface area contributed by atoms with Crippen LogP contribution in [0.25, 0.3) is 11.3 Å². The van der Waals surface area contributed by atoms with Gasteiger partial charge in [0.25, 0.3) is 5.91 Å². The Morgan fingerprint density at radius 3 is 2.43 bits per heavy atom. The number of carbonyl (C=O) groups is 2. The van der Waals surface area contributed by atoms with Gasteiger partial charge in [-0.2, -0.15) is 0 Å². The first kappa shape index (κ1) is 29.8. The van der Waals surface area contributed by atoms with Crippen molar-refractivity contribution in [1.29, 1.82) is 0 Å². The number of nitrogens with one attached hydrogen (secondary N) is 2. The van der Waals surface area contributed by atoms with Crippen LogP contribution < -0.4 is 10.6 Å². The summed E-state index contributed by atoms with van der Waals surface area (Å²) in [6.07, 6.45) is 2.88. The molecule has 0 unspecified atom stereocenters. The molecule has 0 spiro atoms. The molecule has 5 rings (SSSR count). The van der Waals surface area contributed by atoms with Crippen molar-refractivity contribution in [3.8, 4) is 11.3 Å². The van der Waals surface area contributed by atoms with Crippen LogP contribution in [0.4, 0.5) is 13.2 Å². The van der Waals surface area contributed by atoms with Gasteiger partial charge in [-0.05, 0) is 76.3 Å². The van der Waals surface area contributed by atoms with Gasteiger partial charge in [-0.3, -0.25) is 14.5 Å². The van der Waals surface area contributed by atoms with Gasteiger partial charge in [0, 0.05) is 31.3 Å². The second-order valence-electron chi connectivity index (χ2n) is 12.4.